The van der Waals surface area contributed by atoms with E-state index in [9.17, 15) is 4.79 Å². The smallest absolute Gasteiger partial charge is 0.254 e. The van der Waals surface area contributed by atoms with Gasteiger partial charge in [-0.05, 0) is 37.1 Å². The van der Waals surface area contributed by atoms with Gasteiger partial charge in [-0.15, -0.1) is 0 Å². The molecule has 2 aliphatic rings. The summed E-state index contributed by atoms with van der Waals surface area (Å²) in [7, 11) is 0. The number of carbonyl (C=O) groups is 1. The Morgan fingerprint density at radius 1 is 0.967 bits per heavy atom. The number of hydrogen-bond donors (Lipinski definition) is 0. The zero-order valence-corrected chi connectivity index (χ0v) is 17.3. The summed E-state index contributed by atoms with van der Waals surface area (Å²) < 4.78 is 0. The number of carbonyl (C=O) groups excluding carboxylic acids is 1. The van der Waals surface area contributed by atoms with Crippen LogP contribution in [0.1, 0.15) is 34.8 Å². The van der Waals surface area contributed by atoms with Crippen molar-refractivity contribution in [3.8, 4) is 0 Å². The first-order valence-electron chi connectivity index (χ1n) is 10.4. The van der Waals surface area contributed by atoms with Crippen LogP contribution >= 0.6 is 11.3 Å². The maximum absolute atomic E-state index is 13.4. The predicted octanol–water partition coefficient (Wildman–Crippen LogP) is 4.08. The van der Waals surface area contributed by atoms with Crippen molar-refractivity contribution >= 4 is 43.6 Å². The molecule has 0 bridgehead atoms. The van der Waals surface area contributed by atoms with Gasteiger partial charge >= 0.3 is 0 Å². The Morgan fingerprint density at radius 3 is 2.57 bits per heavy atom. The van der Waals surface area contributed by atoms with Gasteiger partial charge < -0.3 is 9.80 Å². The van der Waals surface area contributed by atoms with Crippen LogP contribution in [-0.2, 0) is 0 Å². The van der Waals surface area contributed by atoms with Gasteiger partial charge in [0.15, 0.2) is 5.13 Å². The number of para-hydroxylation sites is 1. The number of piperazine rings is 1. The fourth-order valence-corrected chi connectivity index (χ4v) is 5.09. The number of thiazole rings is 1. The summed E-state index contributed by atoms with van der Waals surface area (Å²) in [5.41, 5.74) is 3.72. The standard InChI is InChI=1S/C23H21N5OS/c29-22(17-14-20(15-7-8-15)25-18-5-2-1-4-16(17)18)27-10-12-28(13-11-27)23-26-19-6-3-9-24-21(19)30-23/h1-6,9,14-15H,7-8,10-13H2. The minimum atomic E-state index is 0.112. The van der Waals surface area contributed by atoms with Gasteiger partial charge in [0, 0.05) is 49.4 Å². The van der Waals surface area contributed by atoms with E-state index < -0.39 is 0 Å². The number of aromatic nitrogens is 3. The topological polar surface area (TPSA) is 62.2 Å². The van der Waals surface area contributed by atoms with E-state index in [-0.39, 0.29) is 5.91 Å². The van der Waals surface area contributed by atoms with Crippen LogP contribution in [0.2, 0.25) is 0 Å². The van der Waals surface area contributed by atoms with Crippen LogP contribution in [-0.4, -0.2) is 51.9 Å². The van der Waals surface area contributed by atoms with Crippen molar-refractivity contribution in [2.45, 2.75) is 18.8 Å². The highest BCUT2D eigenvalue weighted by molar-refractivity contribution is 7.21. The molecule has 1 aromatic carbocycles. The third kappa shape index (κ3) is 3.10. The molecule has 1 saturated heterocycles. The molecule has 0 N–H and O–H groups in total. The number of pyridine rings is 2. The maximum atomic E-state index is 13.4. The third-order valence-electron chi connectivity index (χ3n) is 5.95. The van der Waals surface area contributed by atoms with E-state index in [1.54, 1.807) is 17.5 Å². The lowest BCUT2D eigenvalue weighted by Crippen LogP contribution is -2.48. The Kier molecular flexibility index (Phi) is 4.16. The summed E-state index contributed by atoms with van der Waals surface area (Å²) >= 11 is 1.62. The fraction of sp³-hybridized carbons (Fsp3) is 0.304. The molecule has 30 heavy (non-hydrogen) atoms. The van der Waals surface area contributed by atoms with Crippen molar-refractivity contribution in [1.82, 2.24) is 19.9 Å². The highest BCUT2D eigenvalue weighted by atomic mass is 32.1. The molecule has 150 valence electrons. The Labute approximate surface area is 178 Å². The zero-order valence-electron chi connectivity index (χ0n) is 16.5. The van der Waals surface area contributed by atoms with Gasteiger partial charge in [0.25, 0.3) is 5.91 Å². The van der Waals surface area contributed by atoms with E-state index in [2.05, 4.69) is 9.88 Å². The SMILES string of the molecule is O=C(c1cc(C2CC2)nc2ccccc12)N1CCN(c2nc3cccnc3s2)CC1. The average molecular weight is 416 g/mol. The highest BCUT2D eigenvalue weighted by Crippen LogP contribution is 2.40. The number of nitrogens with zero attached hydrogens (tertiary/aromatic N) is 5. The minimum absolute atomic E-state index is 0.112. The lowest BCUT2D eigenvalue weighted by Gasteiger charge is -2.34. The van der Waals surface area contributed by atoms with Gasteiger partial charge in [-0.25, -0.2) is 9.97 Å². The molecule has 0 atom stereocenters. The second-order valence-corrected chi connectivity index (χ2v) is 8.95. The van der Waals surface area contributed by atoms with E-state index in [0.717, 1.165) is 50.7 Å². The van der Waals surface area contributed by atoms with Crippen molar-refractivity contribution in [3.05, 3.63) is 59.9 Å². The molecule has 3 aromatic heterocycles. The van der Waals surface area contributed by atoms with Crippen LogP contribution in [0.5, 0.6) is 0 Å². The van der Waals surface area contributed by atoms with Crippen LogP contribution in [0.3, 0.4) is 0 Å². The monoisotopic (exact) mass is 415 g/mol. The van der Waals surface area contributed by atoms with Gasteiger partial charge in [0.2, 0.25) is 0 Å². The fourth-order valence-electron chi connectivity index (χ4n) is 4.13. The van der Waals surface area contributed by atoms with Gasteiger partial charge in [-0.3, -0.25) is 9.78 Å². The Morgan fingerprint density at radius 2 is 1.77 bits per heavy atom. The lowest BCUT2D eigenvalue weighted by atomic mass is 10.0. The largest absolute Gasteiger partial charge is 0.344 e. The summed E-state index contributed by atoms with van der Waals surface area (Å²) in [6.45, 7) is 2.95. The van der Waals surface area contributed by atoms with Crippen molar-refractivity contribution < 1.29 is 4.79 Å². The molecule has 1 saturated carbocycles. The van der Waals surface area contributed by atoms with E-state index in [0.29, 0.717) is 19.0 Å². The second-order valence-electron chi connectivity index (χ2n) is 7.99. The average Bonchev–Trinajstić information content (AvgIpc) is 3.56. The molecular weight excluding hydrogens is 394 g/mol. The molecule has 1 amide bonds. The quantitative estimate of drug-likeness (QED) is 0.505. The van der Waals surface area contributed by atoms with Crippen LogP contribution in [0, 0.1) is 0 Å². The molecule has 6 rings (SSSR count). The third-order valence-corrected chi connectivity index (χ3v) is 6.99. The maximum Gasteiger partial charge on any atom is 0.254 e. The van der Waals surface area contributed by atoms with Crippen LogP contribution in [0.4, 0.5) is 5.13 Å². The van der Waals surface area contributed by atoms with Crippen molar-refractivity contribution in [2.75, 3.05) is 31.1 Å². The number of fused-ring (bicyclic) bond motifs is 2. The van der Waals surface area contributed by atoms with E-state index >= 15 is 0 Å². The van der Waals surface area contributed by atoms with E-state index in [1.165, 1.54) is 12.8 Å². The normalized spacial score (nSPS) is 17.1. The first-order valence-corrected chi connectivity index (χ1v) is 11.2. The number of amides is 1. The van der Waals surface area contributed by atoms with Crippen molar-refractivity contribution in [1.29, 1.82) is 0 Å². The Bertz CT molecular complexity index is 1220. The molecule has 6 nitrogen and oxygen atoms in total. The molecule has 4 aromatic rings. The minimum Gasteiger partial charge on any atom is -0.344 e. The van der Waals surface area contributed by atoms with Crippen LogP contribution in [0.15, 0.2) is 48.7 Å². The lowest BCUT2D eigenvalue weighted by molar-refractivity contribution is 0.0748. The predicted molar refractivity (Wildman–Crippen MR) is 119 cm³/mol. The molecule has 7 heteroatoms. The molecule has 2 fully saturated rings. The molecule has 0 radical (unpaired) electrons. The molecule has 1 aliphatic carbocycles. The van der Waals surface area contributed by atoms with E-state index in [1.807, 2.05) is 47.4 Å². The molecule has 0 spiro atoms. The Hall–Kier alpha value is -3.06. The first-order chi connectivity index (χ1) is 14.8. The van der Waals surface area contributed by atoms with Crippen molar-refractivity contribution in [2.24, 2.45) is 0 Å². The number of anilines is 1. The number of hydrogen-bond acceptors (Lipinski definition) is 6. The Balaban J connectivity index is 1.24. The van der Waals surface area contributed by atoms with Crippen LogP contribution in [0.25, 0.3) is 21.3 Å². The number of benzene rings is 1. The first kappa shape index (κ1) is 17.8. The molecule has 0 unspecified atom stereocenters. The van der Waals surface area contributed by atoms with Gasteiger partial charge in [-0.1, -0.05) is 29.5 Å². The summed E-state index contributed by atoms with van der Waals surface area (Å²) in [6.07, 6.45) is 4.15. The second kappa shape index (κ2) is 7.02. The van der Waals surface area contributed by atoms with Crippen LogP contribution < -0.4 is 4.90 Å². The molecule has 1 aliphatic heterocycles. The summed E-state index contributed by atoms with van der Waals surface area (Å²) in [6, 6.07) is 13.9. The summed E-state index contributed by atoms with van der Waals surface area (Å²) in [5, 5.41) is 1.94. The highest BCUT2D eigenvalue weighted by Gasteiger charge is 2.29. The number of rotatable bonds is 3. The van der Waals surface area contributed by atoms with Gasteiger partial charge in [0.1, 0.15) is 10.3 Å². The zero-order chi connectivity index (χ0) is 20.1. The molecular formula is C23H21N5OS. The van der Waals surface area contributed by atoms with Crippen molar-refractivity contribution in [3.63, 3.8) is 0 Å². The summed E-state index contributed by atoms with van der Waals surface area (Å²) in [4.78, 5) is 32.6. The summed E-state index contributed by atoms with van der Waals surface area (Å²) in [5.74, 6) is 0.631. The van der Waals surface area contributed by atoms with Gasteiger partial charge in [0.05, 0.1) is 11.1 Å². The van der Waals surface area contributed by atoms with E-state index in [4.69, 9.17) is 9.97 Å². The van der Waals surface area contributed by atoms with Gasteiger partial charge in [-0.2, -0.15) is 0 Å². The molecule has 4 heterocycles.